The molecule has 1 amide bonds. The fraction of sp³-hybridized carbons (Fsp3) is 0.619. The van der Waals surface area contributed by atoms with Crippen molar-refractivity contribution in [3.63, 3.8) is 0 Å². The molecule has 2 fully saturated rings. The van der Waals surface area contributed by atoms with Gasteiger partial charge in [-0.3, -0.25) is 4.79 Å². The second-order valence-electron chi connectivity index (χ2n) is 7.13. The molecule has 0 radical (unpaired) electrons. The predicted molar refractivity (Wildman–Crippen MR) is 125 cm³/mol. The van der Waals surface area contributed by atoms with Gasteiger partial charge in [-0.15, -0.1) is 24.0 Å². The van der Waals surface area contributed by atoms with Crippen molar-refractivity contribution in [2.75, 3.05) is 39.4 Å². The molecule has 8 heteroatoms. The van der Waals surface area contributed by atoms with Crippen molar-refractivity contribution in [1.82, 2.24) is 15.5 Å². The summed E-state index contributed by atoms with van der Waals surface area (Å²) in [6.07, 6.45) is 2.50. The Balaban J connectivity index is 0.00000300. The lowest BCUT2D eigenvalue weighted by Gasteiger charge is -2.37. The van der Waals surface area contributed by atoms with Crippen LogP contribution >= 0.6 is 24.0 Å². The summed E-state index contributed by atoms with van der Waals surface area (Å²) < 4.78 is 11.8. The molecule has 0 bridgehead atoms. The maximum absolute atomic E-state index is 11.9. The van der Waals surface area contributed by atoms with Crippen LogP contribution in [0.4, 0.5) is 0 Å². The van der Waals surface area contributed by atoms with E-state index in [1.807, 2.05) is 31.2 Å². The number of morpholine rings is 1. The van der Waals surface area contributed by atoms with Gasteiger partial charge in [0, 0.05) is 38.3 Å². The molecule has 1 aromatic carbocycles. The molecule has 2 N–H and O–H groups in total. The number of nitrogens with zero attached hydrogens (tertiary/aromatic N) is 2. The van der Waals surface area contributed by atoms with Crippen LogP contribution in [-0.4, -0.2) is 68.4 Å². The van der Waals surface area contributed by atoms with Crippen LogP contribution in [0, 0.1) is 0 Å². The van der Waals surface area contributed by atoms with E-state index in [9.17, 15) is 4.79 Å². The zero-order valence-electron chi connectivity index (χ0n) is 17.4. The van der Waals surface area contributed by atoms with Crippen LogP contribution in [-0.2, 0) is 16.0 Å². The topological polar surface area (TPSA) is 75.2 Å². The Bertz CT molecular complexity index is 662. The number of carbonyl (C=O) groups is 1. The lowest BCUT2D eigenvalue weighted by Crippen LogP contribution is -2.53. The summed E-state index contributed by atoms with van der Waals surface area (Å²) in [5.74, 6) is 0.862. The number of rotatable bonds is 6. The minimum atomic E-state index is -0.0422. The molecule has 29 heavy (non-hydrogen) atoms. The molecule has 1 aromatic rings. The third-order valence-corrected chi connectivity index (χ3v) is 5.07. The van der Waals surface area contributed by atoms with Gasteiger partial charge in [-0.1, -0.05) is 12.1 Å². The van der Waals surface area contributed by atoms with Crippen molar-refractivity contribution in [3.05, 3.63) is 35.4 Å². The van der Waals surface area contributed by atoms with Crippen LogP contribution < -0.4 is 10.6 Å². The van der Waals surface area contributed by atoms with Gasteiger partial charge in [0.25, 0.3) is 5.91 Å². The van der Waals surface area contributed by atoms with E-state index in [0.717, 1.165) is 50.6 Å². The quantitative estimate of drug-likeness (QED) is 0.345. The van der Waals surface area contributed by atoms with Gasteiger partial charge in [-0.05, 0) is 44.4 Å². The average Bonchev–Trinajstić information content (AvgIpc) is 3.27. The van der Waals surface area contributed by atoms with Crippen LogP contribution in [0.25, 0.3) is 0 Å². The molecule has 2 aliphatic rings. The number of hydrogen-bond donors (Lipinski definition) is 2. The molecule has 0 spiro atoms. The van der Waals surface area contributed by atoms with E-state index in [1.165, 1.54) is 0 Å². The van der Waals surface area contributed by atoms with E-state index in [2.05, 4.69) is 22.5 Å². The zero-order valence-corrected chi connectivity index (χ0v) is 19.7. The summed E-state index contributed by atoms with van der Waals surface area (Å²) in [7, 11) is 0. The predicted octanol–water partition coefficient (Wildman–Crippen LogP) is 2.40. The van der Waals surface area contributed by atoms with E-state index in [-0.39, 0.29) is 42.1 Å². The lowest BCUT2D eigenvalue weighted by molar-refractivity contribution is -0.0817. The fourth-order valence-electron chi connectivity index (χ4n) is 3.60. The number of aliphatic imine (C=N–C) groups is 1. The number of ether oxygens (including phenoxy) is 2. The normalized spacial score (nSPS) is 22.1. The number of hydrogen-bond acceptors (Lipinski definition) is 4. The smallest absolute Gasteiger partial charge is 0.251 e. The summed E-state index contributed by atoms with van der Waals surface area (Å²) in [5, 5.41) is 6.21. The van der Waals surface area contributed by atoms with Crippen molar-refractivity contribution in [3.8, 4) is 0 Å². The third kappa shape index (κ3) is 6.82. The van der Waals surface area contributed by atoms with E-state index in [1.54, 1.807) is 0 Å². The van der Waals surface area contributed by atoms with E-state index in [4.69, 9.17) is 14.5 Å². The Hall–Kier alpha value is -1.39. The van der Waals surface area contributed by atoms with Crippen LogP contribution in [0.5, 0.6) is 0 Å². The molecule has 2 atom stereocenters. The minimum Gasteiger partial charge on any atom is -0.375 e. The number of guanidine groups is 1. The maximum atomic E-state index is 11.9. The molecule has 0 aliphatic carbocycles. The summed E-state index contributed by atoms with van der Waals surface area (Å²) in [5.41, 5.74) is 1.75. The van der Waals surface area contributed by atoms with E-state index in [0.29, 0.717) is 25.3 Å². The van der Waals surface area contributed by atoms with Crippen molar-refractivity contribution in [1.29, 1.82) is 0 Å². The van der Waals surface area contributed by atoms with Crippen LogP contribution in [0.2, 0.25) is 0 Å². The molecule has 2 heterocycles. The first-order valence-electron chi connectivity index (χ1n) is 10.3. The van der Waals surface area contributed by atoms with Gasteiger partial charge in [0.05, 0.1) is 19.3 Å². The van der Waals surface area contributed by atoms with Gasteiger partial charge >= 0.3 is 0 Å². The fourth-order valence-corrected chi connectivity index (χ4v) is 3.60. The highest BCUT2D eigenvalue weighted by Crippen LogP contribution is 2.21. The maximum Gasteiger partial charge on any atom is 0.251 e. The van der Waals surface area contributed by atoms with Gasteiger partial charge in [0.15, 0.2) is 5.96 Å². The lowest BCUT2D eigenvalue weighted by atomic mass is 10.1. The molecule has 2 unspecified atom stereocenters. The Morgan fingerprint density at radius 1 is 1.10 bits per heavy atom. The molecule has 0 aromatic heterocycles. The molecular weight excluding hydrogens is 483 g/mol. The summed E-state index contributed by atoms with van der Waals surface area (Å²) >= 11 is 0. The first-order chi connectivity index (χ1) is 13.7. The number of amides is 1. The van der Waals surface area contributed by atoms with Gasteiger partial charge < -0.3 is 25.0 Å². The summed E-state index contributed by atoms with van der Waals surface area (Å²) in [6.45, 7) is 9.16. The van der Waals surface area contributed by atoms with Crippen LogP contribution in [0.1, 0.15) is 42.6 Å². The Morgan fingerprint density at radius 2 is 1.83 bits per heavy atom. The molecule has 0 saturated carbocycles. The second-order valence-corrected chi connectivity index (χ2v) is 7.13. The first-order valence-corrected chi connectivity index (χ1v) is 10.3. The van der Waals surface area contributed by atoms with Crippen LogP contribution in [0.3, 0.4) is 0 Å². The van der Waals surface area contributed by atoms with E-state index < -0.39 is 0 Å². The number of benzene rings is 1. The Kier molecular flexibility index (Phi) is 10.2. The standard InChI is InChI=1S/C21H32N4O3.HI/c1-3-22-20(26)17-9-7-16(8-10-17)14-24-21(23-4-2)25-11-13-28-19(15-25)18-6-5-12-27-18;/h7-10,18-19H,3-6,11-15H2,1-2H3,(H,22,26)(H,23,24);1H. The average molecular weight is 516 g/mol. The zero-order chi connectivity index (χ0) is 19.8. The van der Waals surface area contributed by atoms with Gasteiger partial charge in [-0.25, -0.2) is 4.99 Å². The third-order valence-electron chi connectivity index (χ3n) is 5.07. The van der Waals surface area contributed by atoms with Crippen molar-refractivity contribution < 1.29 is 14.3 Å². The molecule has 2 saturated heterocycles. The summed E-state index contributed by atoms with van der Waals surface area (Å²) in [6, 6.07) is 7.63. The van der Waals surface area contributed by atoms with E-state index >= 15 is 0 Å². The number of carbonyl (C=O) groups excluding carboxylic acids is 1. The van der Waals surface area contributed by atoms with Crippen LogP contribution in [0.15, 0.2) is 29.3 Å². The van der Waals surface area contributed by atoms with Gasteiger partial charge in [0.1, 0.15) is 6.10 Å². The molecule has 162 valence electrons. The highest BCUT2D eigenvalue weighted by atomic mass is 127. The first kappa shape index (κ1) is 23.9. The molecule has 2 aliphatic heterocycles. The van der Waals surface area contributed by atoms with Crippen molar-refractivity contribution >= 4 is 35.8 Å². The largest absolute Gasteiger partial charge is 0.375 e. The van der Waals surface area contributed by atoms with Crippen molar-refractivity contribution in [2.24, 2.45) is 4.99 Å². The second kappa shape index (κ2) is 12.3. The highest BCUT2D eigenvalue weighted by molar-refractivity contribution is 14.0. The Morgan fingerprint density at radius 3 is 2.48 bits per heavy atom. The monoisotopic (exact) mass is 516 g/mol. The van der Waals surface area contributed by atoms with Gasteiger partial charge in [-0.2, -0.15) is 0 Å². The molecule has 3 rings (SSSR count). The minimum absolute atomic E-state index is 0. The highest BCUT2D eigenvalue weighted by Gasteiger charge is 2.32. The Labute approximate surface area is 190 Å². The van der Waals surface area contributed by atoms with Crippen molar-refractivity contribution in [2.45, 2.75) is 45.4 Å². The number of nitrogens with one attached hydrogen (secondary N) is 2. The summed E-state index contributed by atoms with van der Waals surface area (Å²) in [4.78, 5) is 19.0. The molecular formula is C21H33IN4O3. The SMILES string of the molecule is CCNC(=O)c1ccc(CN=C(NCC)N2CCOC(C3CCCO3)C2)cc1.I. The number of halogens is 1. The molecule has 7 nitrogen and oxygen atoms in total. The van der Waals surface area contributed by atoms with Gasteiger partial charge in [0.2, 0.25) is 0 Å².